The molecule has 1 aliphatic rings. The third-order valence-corrected chi connectivity index (χ3v) is 3.88. The van der Waals surface area contributed by atoms with Gasteiger partial charge in [-0.05, 0) is 19.3 Å². The first-order chi connectivity index (χ1) is 9.98. The number of alkyl halides is 3. The highest BCUT2D eigenvalue weighted by molar-refractivity contribution is 5.79. The molecule has 0 radical (unpaired) electrons. The first kappa shape index (κ1) is 15.8. The average molecular weight is 304 g/mol. The summed E-state index contributed by atoms with van der Waals surface area (Å²) >= 11 is 0. The minimum Gasteiger partial charge on any atom is -0.356 e. The molecule has 1 aliphatic carbocycles. The highest BCUT2D eigenvalue weighted by atomic mass is 19.4. The quantitative estimate of drug-likeness (QED) is 0.819. The Morgan fingerprint density at radius 3 is 2.81 bits per heavy atom. The zero-order valence-corrected chi connectivity index (χ0v) is 11.6. The number of hydrogen-bond donors (Lipinski definition) is 2. The maximum Gasteiger partial charge on any atom is 0.392 e. The van der Waals surface area contributed by atoms with Crippen molar-refractivity contribution in [2.24, 2.45) is 11.8 Å². The molecule has 118 valence electrons. The molecule has 1 aromatic rings. The third-order valence-electron chi connectivity index (χ3n) is 3.88. The Morgan fingerprint density at radius 2 is 2.14 bits per heavy atom. The van der Waals surface area contributed by atoms with E-state index in [1.807, 2.05) is 0 Å². The zero-order valence-electron chi connectivity index (χ0n) is 11.6. The van der Waals surface area contributed by atoms with Crippen molar-refractivity contribution in [3.63, 3.8) is 0 Å². The number of H-pyrrole nitrogens is 1. The molecule has 21 heavy (non-hydrogen) atoms. The molecule has 1 aromatic heterocycles. The topological polar surface area (TPSA) is 70.7 Å². The maximum atomic E-state index is 12.9. The number of amides is 1. The van der Waals surface area contributed by atoms with Crippen LogP contribution >= 0.6 is 0 Å². The Labute approximate surface area is 120 Å². The van der Waals surface area contributed by atoms with E-state index in [0.29, 0.717) is 44.5 Å². The number of aromatic nitrogens is 3. The van der Waals surface area contributed by atoms with Gasteiger partial charge in [0, 0.05) is 18.9 Å². The van der Waals surface area contributed by atoms with Crippen LogP contribution in [0.1, 0.15) is 37.9 Å². The Morgan fingerprint density at radius 1 is 1.38 bits per heavy atom. The van der Waals surface area contributed by atoms with E-state index in [9.17, 15) is 18.0 Å². The van der Waals surface area contributed by atoms with Gasteiger partial charge in [-0.15, -0.1) is 0 Å². The van der Waals surface area contributed by atoms with E-state index >= 15 is 0 Å². The number of aryl methyl sites for hydroxylation is 1. The van der Waals surface area contributed by atoms with Crippen LogP contribution in [0.4, 0.5) is 13.2 Å². The second-order valence-electron chi connectivity index (χ2n) is 5.37. The van der Waals surface area contributed by atoms with E-state index < -0.39 is 23.9 Å². The zero-order chi connectivity index (χ0) is 15.3. The second kappa shape index (κ2) is 6.91. The molecule has 0 saturated heterocycles. The monoisotopic (exact) mass is 304 g/mol. The van der Waals surface area contributed by atoms with E-state index in [1.165, 1.54) is 6.33 Å². The molecule has 2 atom stereocenters. The summed E-state index contributed by atoms with van der Waals surface area (Å²) in [5.41, 5.74) is 0. The Hall–Kier alpha value is -1.60. The molecule has 8 heteroatoms. The van der Waals surface area contributed by atoms with Crippen molar-refractivity contribution in [1.29, 1.82) is 0 Å². The van der Waals surface area contributed by atoms with Crippen molar-refractivity contribution in [2.45, 2.75) is 44.7 Å². The molecule has 2 rings (SSSR count). The van der Waals surface area contributed by atoms with Gasteiger partial charge in [-0.1, -0.05) is 12.8 Å². The van der Waals surface area contributed by atoms with Gasteiger partial charge < -0.3 is 5.32 Å². The van der Waals surface area contributed by atoms with E-state index in [-0.39, 0.29) is 6.42 Å². The molecule has 1 amide bonds. The minimum atomic E-state index is -4.29. The average Bonchev–Trinajstić information content (AvgIpc) is 2.95. The molecule has 2 N–H and O–H groups in total. The van der Waals surface area contributed by atoms with Crippen molar-refractivity contribution in [2.75, 3.05) is 6.54 Å². The van der Waals surface area contributed by atoms with Crippen LogP contribution in [0.15, 0.2) is 6.33 Å². The predicted molar refractivity (Wildman–Crippen MR) is 69.2 cm³/mol. The predicted octanol–water partition coefficient (Wildman–Crippen LogP) is 2.22. The number of carbonyl (C=O) groups excluding carboxylic acids is 1. The Balaban J connectivity index is 1.78. The molecule has 1 saturated carbocycles. The summed E-state index contributed by atoms with van der Waals surface area (Å²) in [6, 6.07) is 0. The lowest BCUT2D eigenvalue weighted by Gasteiger charge is -2.31. The van der Waals surface area contributed by atoms with Crippen molar-refractivity contribution in [3.8, 4) is 0 Å². The number of halogens is 3. The normalized spacial score (nSPS) is 23.0. The number of carbonyl (C=O) groups is 1. The van der Waals surface area contributed by atoms with Crippen molar-refractivity contribution in [3.05, 3.63) is 12.2 Å². The van der Waals surface area contributed by atoms with Gasteiger partial charge in [-0.25, -0.2) is 4.98 Å². The Bertz CT molecular complexity index is 447. The molecule has 1 heterocycles. The lowest BCUT2D eigenvalue weighted by molar-refractivity contribution is -0.198. The number of hydrogen-bond acceptors (Lipinski definition) is 3. The van der Waals surface area contributed by atoms with E-state index in [1.54, 1.807) is 0 Å². The van der Waals surface area contributed by atoms with Crippen molar-refractivity contribution >= 4 is 5.91 Å². The summed E-state index contributed by atoms with van der Waals surface area (Å²) in [7, 11) is 0. The molecule has 0 aromatic carbocycles. The first-order valence-corrected chi connectivity index (χ1v) is 7.17. The number of nitrogens with zero attached hydrogens (tertiary/aromatic N) is 2. The lowest BCUT2D eigenvalue weighted by Crippen LogP contribution is -2.42. The summed E-state index contributed by atoms with van der Waals surface area (Å²) < 4.78 is 38.8. The van der Waals surface area contributed by atoms with Gasteiger partial charge in [0.05, 0.1) is 5.92 Å². The van der Waals surface area contributed by atoms with Gasteiger partial charge in [-0.3, -0.25) is 9.89 Å². The Kier molecular flexibility index (Phi) is 5.19. The fourth-order valence-electron chi connectivity index (χ4n) is 2.79. The SMILES string of the molecule is O=C(NCCCc1ncn[nH]1)C1CCCCC1C(F)(F)F. The van der Waals surface area contributed by atoms with Gasteiger partial charge in [-0.2, -0.15) is 18.3 Å². The molecular formula is C13H19F3N4O. The van der Waals surface area contributed by atoms with Crippen LogP contribution in [-0.2, 0) is 11.2 Å². The second-order valence-corrected chi connectivity index (χ2v) is 5.37. The van der Waals surface area contributed by atoms with Gasteiger partial charge in [0.15, 0.2) is 0 Å². The van der Waals surface area contributed by atoms with Gasteiger partial charge in [0.2, 0.25) is 5.91 Å². The van der Waals surface area contributed by atoms with Gasteiger partial charge >= 0.3 is 6.18 Å². The van der Waals surface area contributed by atoms with Crippen LogP contribution in [-0.4, -0.2) is 33.8 Å². The highest BCUT2D eigenvalue weighted by Gasteiger charge is 2.47. The maximum absolute atomic E-state index is 12.9. The van der Waals surface area contributed by atoms with E-state index in [0.717, 1.165) is 0 Å². The van der Waals surface area contributed by atoms with E-state index in [4.69, 9.17) is 0 Å². The highest BCUT2D eigenvalue weighted by Crippen LogP contribution is 2.41. The van der Waals surface area contributed by atoms with E-state index in [2.05, 4.69) is 20.5 Å². The number of rotatable bonds is 5. The summed E-state index contributed by atoms with van der Waals surface area (Å²) in [5, 5.41) is 9.01. The fourth-order valence-corrected chi connectivity index (χ4v) is 2.79. The molecule has 0 bridgehead atoms. The first-order valence-electron chi connectivity index (χ1n) is 7.17. The standard InChI is InChI=1S/C13H19F3N4O/c14-13(15,16)10-5-2-1-4-9(10)12(21)17-7-3-6-11-18-8-19-20-11/h8-10H,1-7H2,(H,17,21)(H,18,19,20). The van der Waals surface area contributed by atoms with Gasteiger partial charge in [0.1, 0.15) is 12.2 Å². The smallest absolute Gasteiger partial charge is 0.356 e. The molecule has 1 fully saturated rings. The summed E-state index contributed by atoms with van der Waals surface area (Å²) in [4.78, 5) is 15.9. The number of nitrogens with one attached hydrogen (secondary N) is 2. The third kappa shape index (κ3) is 4.44. The fraction of sp³-hybridized carbons (Fsp3) is 0.769. The number of aromatic amines is 1. The summed E-state index contributed by atoms with van der Waals surface area (Å²) in [6.07, 6.45) is -0.0793. The van der Waals surface area contributed by atoms with Crippen LogP contribution in [0, 0.1) is 11.8 Å². The minimum absolute atomic E-state index is 0.0552. The summed E-state index contributed by atoms with van der Waals surface area (Å²) in [6.45, 7) is 0.348. The van der Waals surface area contributed by atoms with Crippen LogP contribution < -0.4 is 5.32 Å². The van der Waals surface area contributed by atoms with Crippen LogP contribution in [0.2, 0.25) is 0 Å². The molecule has 0 aliphatic heterocycles. The summed E-state index contributed by atoms with van der Waals surface area (Å²) in [5.74, 6) is -2.21. The van der Waals surface area contributed by atoms with Crippen LogP contribution in [0.3, 0.4) is 0 Å². The largest absolute Gasteiger partial charge is 0.392 e. The van der Waals surface area contributed by atoms with Gasteiger partial charge in [0.25, 0.3) is 0 Å². The molecule has 0 spiro atoms. The van der Waals surface area contributed by atoms with Crippen molar-refractivity contribution in [1.82, 2.24) is 20.5 Å². The molecule has 2 unspecified atom stereocenters. The van der Waals surface area contributed by atoms with Crippen LogP contribution in [0.5, 0.6) is 0 Å². The van der Waals surface area contributed by atoms with Crippen molar-refractivity contribution < 1.29 is 18.0 Å². The molecule has 5 nitrogen and oxygen atoms in total. The lowest BCUT2D eigenvalue weighted by atomic mass is 9.78. The molecular weight excluding hydrogens is 285 g/mol. The van der Waals surface area contributed by atoms with Crippen LogP contribution in [0.25, 0.3) is 0 Å².